The fourth-order valence-electron chi connectivity index (χ4n) is 4.77. The van der Waals surface area contributed by atoms with E-state index in [4.69, 9.17) is 4.42 Å². The first-order valence-corrected chi connectivity index (χ1v) is 13.3. The lowest BCUT2D eigenvalue weighted by molar-refractivity contribution is -0.124. The number of fused-ring (bicyclic) bond motifs is 1. The van der Waals surface area contributed by atoms with Crippen molar-refractivity contribution in [3.8, 4) is 0 Å². The molecule has 4 N–H and O–H groups in total. The van der Waals surface area contributed by atoms with Crippen LogP contribution in [0.3, 0.4) is 0 Å². The average Bonchev–Trinajstić information content (AvgIpc) is 3.51. The zero-order valence-electron chi connectivity index (χ0n) is 23.9. The van der Waals surface area contributed by atoms with Gasteiger partial charge in [-0.3, -0.25) is 4.79 Å². The fourth-order valence-corrected chi connectivity index (χ4v) is 4.77. The molecule has 10 nitrogen and oxygen atoms in total. The van der Waals surface area contributed by atoms with Gasteiger partial charge in [-0.15, -0.1) is 0 Å². The summed E-state index contributed by atoms with van der Waals surface area (Å²) in [6.45, 7) is 4.83. The SMILES string of the molecule is Cc1oc([C@@H](Cc2cn(C)c3ccccc23)NC(=O)[C@H](CC(C)C)NC(=O)Nc2c(F)c(F)c(F)c(F)c2F)nc1C(=O)O. The Morgan fingerprint density at radius 2 is 1.59 bits per heavy atom. The molecular formula is C29H28F5N5O5. The summed E-state index contributed by atoms with van der Waals surface area (Å²) in [5, 5.41) is 16.8. The van der Waals surface area contributed by atoms with E-state index in [2.05, 4.69) is 15.6 Å². The van der Waals surface area contributed by atoms with Crippen molar-refractivity contribution in [3.05, 3.63) is 82.5 Å². The quantitative estimate of drug-likeness (QED) is 0.105. The van der Waals surface area contributed by atoms with Gasteiger partial charge in [0.2, 0.25) is 17.6 Å². The number of carboxylic acids is 1. The zero-order valence-corrected chi connectivity index (χ0v) is 23.9. The Kier molecular flexibility index (Phi) is 9.25. The van der Waals surface area contributed by atoms with Gasteiger partial charge in [0.05, 0.1) is 0 Å². The minimum atomic E-state index is -2.40. The Hall–Kier alpha value is -4.95. The third kappa shape index (κ3) is 6.50. The molecule has 0 saturated heterocycles. The molecular weight excluding hydrogens is 593 g/mol. The molecule has 0 unspecified atom stereocenters. The normalized spacial score (nSPS) is 12.8. The maximum atomic E-state index is 14.1. The molecule has 0 aliphatic heterocycles. The molecule has 4 rings (SSSR count). The lowest BCUT2D eigenvalue weighted by atomic mass is 10.0. The molecule has 0 aliphatic carbocycles. The molecule has 234 valence electrons. The third-order valence-electron chi connectivity index (χ3n) is 6.81. The first-order valence-electron chi connectivity index (χ1n) is 13.3. The summed E-state index contributed by atoms with van der Waals surface area (Å²) in [6, 6.07) is 3.58. The number of para-hydroxylation sites is 1. The molecule has 2 heterocycles. The molecule has 0 spiro atoms. The van der Waals surface area contributed by atoms with E-state index in [-0.39, 0.29) is 36.1 Å². The van der Waals surface area contributed by atoms with E-state index in [1.165, 1.54) is 6.92 Å². The van der Waals surface area contributed by atoms with Crippen LogP contribution in [0.4, 0.5) is 32.4 Å². The number of halogens is 5. The summed E-state index contributed by atoms with van der Waals surface area (Å²) in [4.78, 5) is 41.9. The van der Waals surface area contributed by atoms with Gasteiger partial charge in [-0.2, -0.15) is 0 Å². The molecule has 0 fully saturated rings. The largest absolute Gasteiger partial charge is 0.476 e. The van der Waals surface area contributed by atoms with Crippen molar-refractivity contribution < 1.29 is 45.9 Å². The van der Waals surface area contributed by atoms with Crippen LogP contribution in [0, 0.1) is 41.9 Å². The van der Waals surface area contributed by atoms with E-state index < -0.39 is 64.8 Å². The van der Waals surface area contributed by atoms with E-state index in [0.717, 1.165) is 16.5 Å². The Labute approximate surface area is 247 Å². The molecule has 2 aromatic carbocycles. The van der Waals surface area contributed by atoms with E-state index in [9.17, 15) is 41.4 Å². The number of urea groups is 1. The number of hydrogen-bond acceptors (Lipinski definition) is 5. The highest BCUT2D eigenvalue weighted by atomic mass is 19.2. The number of nitrogens with zero attached hydrogens (tertiary/aromatic N) is 2. The summed E-state index contributed by atoms with van der Waals surface area (Å²) >= 11 is 0. The molecule has 0 aliphatic rings. The van der Waals surface area contributed by atoms with Crippen LogP contribution in [0.15, 0.2) is 34.9 Å². The maximum absolute atomic E-state index is 14.1. The van der Waals surface area contributed by atoms with Crippen LogP contribution in [0.2, 0.25) is 0 Å². The van der Waals surface area contributed by atoms with E-state index >= 15 is 0 Å². The van der Waals surface area contributed by atoms with Gasteiger partial charge in [-0.05, 0) is 30.9 Å². The highest BCUT2D eigenvalue weighted by Crippen LogP contribution is 2.29. The number of oxazole rings is 1. The maximum Gasteiger partial charge on any atom is 0.358 e. The number of aromatic nitrogens is 2. The summed E-state index contributed by atoms with van der Waals surface area (Å²) in [5.74, 6) is -14.0. The van der Waals surface area contributed by atoms with Crippen molar-refractivity contribution >= 4 is 34.5 Å². The van der Waals surface area contributed by atoms with Crippen LogP contribution < -0.4 is 16.0 Å². The molecule has 0 radical (unpaired) electrons. The number of carbonyl (C=O) groups excluding carboxylic acids is 2. The summed E-state index contributed by atoms with van der Waals surface area (Å²) < 4.78 is 76.4. The first kappa shape index (κ1) is 32.0. The van der Waals surface area contributed by atoms with Gasteiger partial charge in [-0.25, -0.2) is 36.5 Å². The number of carbonyl (C=O) groups is 3. The third-order valence-corrected chi connectivity index (χ3v) is 6.81. The Morgan fingerprint density at radius 3 is 2.18 bits per heavy atom. The van der Waals surface area contributed by atoms with Crippen molar-refractivity contribution in [1.29, 1.82) is 0 Å². The molecule has 2 aromatic heterocycles. The molecule has 2 atom stereocenters. The van der Waals surface area contributed by atoms with Crippen molar-refractivity contribution in [1.82, 2.24) is 20.2 Å². The monoisotopic (exact) mass is 621 g/mol. The van der Waals surface area contributed by atoms with Crippen LogP contribution in [0.5, 0.6) is 0 Å². The van der Waals surface area contributed by atoms with Crippen LogP contribution in [-0.2, 0) is 18.3 Å². The average molecular weight is 622 g/mol. The van der Waals surface area contributed by atoms with Crippen molar-refractivity contribution in [3.63, 3.8) is 0 Å². The Balaban J connectivity index is 1.63. The molecule has 0 saturated carbocycles. The predicted molar refractivity (Wildman–Crippen MR) is 147 cm³/mol. The van der Waals surface area contributed by atoms with Gasteiger partial charge in [0, 0.05) is 30.6 Å². The van der Waals surface area contributed by atoms with Gasteiger partial charge >= 0.3 is 12.0 Å². The second kappa shape index (κ2) is 12.7. The summed E-state index contributed by atoms with van der Waals surface area (Å²) in [6.07, 6.45) is 1.89. The number of carboxylic acid groups (broad SMARTS) is 1. The second-order valence-corrected chi connectivity index (χ2v) is 10.5. The number of rotatable bonds is 10. The number of nitrogens with one attached hydrogen (secondary N) is 3. The second-order valence-electron chi connectivity index (χ2n) is 10.5. The Morgan fingerprint density at radius 1 is 0.977 bits per heavy atom. The fraction of sp³-hybridized carbons (Fsp3) is 0.310. The lowest BCUT2D eigenvalue weighted by Gasteiger charge is -2.23. The van der Waals surface area contributed by atoms with Crippen molar-refractivity contribution in [2.45, 2.75) is 45.7 Å². The topological polar surface area (TPSA) is 138 Å². The first-order chi connectivity index (χ1) is 20.7. The minimum absolute atomic E-state index is 0.0104. The van der Waals surface area contributed by atoms with Crippen LogP contribution in [0.25, 0.3) is 10.9 Å². The van der Waals surface area contributed by atoms with Gasteiger partial charge in [0.1, 0.15) is 23.5 Å². The smallest absolute Gasteiger partial charge is 0.358 e. The number of hydrogen-bond donors (Lipinski definition) is 4. The van der Waals surface area contributed by atoms with E-state index in [1.807, 2.05) is 42.1 Å². The lowest BCUT2D eigenvalue weighted by Crippen LogP contribution is -2.50. The summed E-state index contributed by atoms with van der Waals surface area (Å²) in [7, 11) is 1.82. The van der Waals surface area contributed by atoms with Crippen LogP contribution in [-0.4, -0.2) is 38.6 Å². The molecule has 15 heteroatoms. The highest BCUT2D eigenvalue weighted by Gasteiger charge is 2.31. The summed E-state index contributed by atoms with van der Waals surface area (Å²) in [5.41, 5.74) is -0.325. The molecule has 3 amide bonds. The standard InChI is InChI=1S/C29H28F5N5O5/c1-12(2)9-16(36-29(43)38-25-22(33)20(31)19(30)21(32)23(25)34)26(40)35-17(27-37-24(28(41)42)13(3)44-27)10-14-11-39(4)18-8-6-5-7-15(14)18/h5-8,11-12,16-17H,9-10H2,1-4H3,(H,35,40)(H,41,42)(H2,36,38,43)/t16-,17+/m0/s1. The van der Waals surface area contributed by atoms with Gasteiger partial charge < -0.3 is 30.0 Å². The van der Waals surface area contributed by atoms with Crippen LogP contribution in [0.1, 0.15) is 54.0 Å². The zero-order chi connectivity index (χ0) is 32.5. The molecule has 4 aromatic rings. The Bertz CT molecular complexity index is 1720. The van der Waals surface area contributed by atoms with Crippen molar-refractivity contribution in [2.75, 3.05) is 5.32 Å². The van der Waals surface area contributed by atoms with Crippen molar-refractivity contribution in [2.24, 2.45) is 13.0 Å². The van der Waals surface area contributed by atoms with E-state index in [0.29, 0.717) is 0 Å². The van der Waals surface area contributed by atoms with Gasteiger partial charge in [0.15, 0.2) is 29.0 Å². The molecule has 0 bridgehead atoms. The van der Waals surface area contributed by atoms with Gasteiger partial charge in [-0.1, -0.05) is 32.0 Å². The van der Waals surface area contributed by atoms with Crippen LogP contribution >= 0.6 is 0 Å². The number of anilines is 1. The van der Waals surface area contributed by atoms with E-state index in [1.54, 1.807) is 19.2 Å². The highest BCUT2D eigenvalue weighted by molar-refractivity contribution is 5.94. The minimum Gasteiger partial charge on any atom is -0.476 e. The van der Waals surface area contributed by atoms with Gasteiger partial charge in [0.25, 0.3) is 0 Å². The number of amides is 3. The number of benzene rings is 2. The number of aromatic carboxylic acids is 1. The predicted octanol–water partition coefficient (Wildman–Crippen LogP) is 5.50. The number of aryl methyl sites for hydroxylation is 2. The molecule has 44 heavy (non-hydrogen) atoms.